The molecule has 9 heteroatoms. The Hall–Kier alpha value is -3.46. The van der Waals surface area contributed by atoms with E-state index in [2.05, 4.69) is 33.9 Å². The molecule has 4 rings (SSSR count). The molecule has 1 aromatic heterocycles. The molecule has 3 aromatic rings. The lowest BCUT2D eigenvalue weighted by molar-refractivity contribution is 0.0925. The van der Waals surface area contributed by atoms with Crippen molar-refractivity contribution in [2.24, 2.45) is 5.92 Å². The average molecular weight is 495 g/mol. The molecule has 0 spiro atoms. The van der Waals surface area contributed by atoms with E-state index < -0.39 is 10.0 Å². The van der Waals surface area contributed by atoms with E-state index in [1.165, 1.54) is 12.1 Å². The van der Waals surface area contributed by atoms with Gasteiger partial charge in [0.15, 0.2) is 0 Å². The lowest BCUT2D eigenvalue weighted by Gasteiger charge is -2.21. The molecule has 35 heavy (non-hydrogen) atoms. The van der Waals surface area contributed by atoms with Crippen LogP contribution in [0.3, 0.4) is 0 Å². The summed E-state index contributed by atoms with van der Waals surface area (Å²) < 4.78 is 34.8. The minimum atomic E-state index is -4.05. The van der Waals surface area contributed by atoms with Gasteiger partial charge >= 0.3 is 0 Å². The highest BCUT2D eigenvalue weighted by atomic mass is 32.2. The van der Waals surface area contributed by atoms with Crippen LogP contribution in [0.15, 0.2) is 53.4 Å². The molecule has 0 saturated heterocycles. The van der Waals surface area contributed by atoms with Crippen LogP contribution in [-0.2, 0) is 10.0 Å². The molecule has 2 heterocycles. The molecule has 1 aliphatic rings. The van der Waals surface area contributed by atoms with Gasteiger partial charge in [-0.25, -0.2) is 18.1 Å². The fourth-order valence-corrected chi connectivity index (χ4v) is 5.26. The number of benzene rings is 2. The van der Waals surface area contributed by atoms with E-state index in [4.69, 9.17) is 4.74 Å². The van der Waals surface area contributed by atoms with Gasteiger partial charge in [0.25, 0.3) is 15.9 Å². The summed E-state index contributed by atoms with van der Waals surface area (Å²) in [6.07, 6.45) is 1.34. The third kappa shape index (κ3) is 5.79. The Kier molecular flexibility index (Phi) is 7.07. The molecule has 1 atom stereocenters. The number of aryl methyl sites for hydroxylation is 2. The first-order valence-corrected chi connectivity index (χ1v) is 13.1. The molecule has 8 nitrogen and oxygen atoms in total. The van der Waals surface area contributed by atoms with Gasteiger partial charge in [0.05, 0.1) is 17.2 Å². The smallest absolute Gasteiger partial charge is 0.264 e. The van der Waals surface area contributed by atoms with Crippen LogP contribution in [0.4, 0.5) is 5.95 Å². The minimum Gasteiger partial charge on any atom is -0.477 e. The van der Waals surface area contributed by atoms with Crippen LogP contribution in [0.25, 0.3) is 11.3 Å². The third-order valence-corrected chi connectivity index (χ3v) is 7.21. The van der Waals surface area contributed by atoms with E-state index in [-0.39, 0.29) is 34.2 Å². The number of carbonyl (C=O) groups excluding carboxylic acids is 1. The summed E-state index contributed by atoms with van der Waals surface area (Å²) in [5.41, 5.74) is 3.74. The molecule has 0 unspecified atom stereocenters. The number of nitrogens with zero attached hydrogens (tertiary/aromatic N) is 2. The predicted molar refractivity (Wildman–Crippen MR) is 135 cm³/mol. The van der Waals surface area contributed by atoms with Crippen molar-refractivity contribution >= 4 is 21.9 Å². The van der Waals surface area contributed by atoms with Gasteiger partial charge in [-0.15, -0.1) is 0 Å². The number of hydrogen-bond acceptors (Lipinski definition) is 6. The van der Waals surface area contributed by atoms with E-state index in [0.717, 1.165) is 23.1 Å². The first kappa shape index (κ1) is 24.7. The van der Waals surface area contributed by atoms with Gasteiger partial charge < -0.3 is 10.1 Å². The Morgan fingerprint density at radius 3 is 2.49 bits per heavy atom. The van der Waals surface area contributed by atoms with Crippen molar-refractivity contribution in [1.29, 1.82) is 0 Å². The number of sulfonamides is 1. The molecule has 2 N–H and O–H groups in total. The molecule has 0 aliphatic carbocycles. The summed E-state index contributed by atoms with van der Waals surface area (Å²) in [6.45, 7) is 8.43. The third-order valence-electron chi connectivity index (χ3n) is 5.88. The zero-order valence-corrected chi connectivity index (χ0v) is 21.1. The van der Waals surface area contributed by atoms with Crippen molar-refractivity contribution < 1.29 is 17.9 Å². The largest absolute Gasteiger partial charge is 0.477 e. The maximum Gasteiger partial charge on any atom is 0.264 e. The molecule has 4 bridgehead atoms. The number of nitrogens with one attached hydrogen (secondary N) is 2. The molecular formula is C26H30N4O4S. The fraction of sp³-hybridized carbons (Fsp3) is 0.346. The van der Waals surface area contributed by atoms with Crippen LogP contribution in [0.5, 0.6) is 5.88 Å². The van der Waals surface area contributed by atoms with Crippen molar-refractivity contribution in [1.82, 2.24) is 15.3 Å². The normalized spacial score (nSPS) is 17.6. The monoisotopic (exact) mass is 494 g/mol. The van der Waals surface area contributed by atoms with E-state index in [1.54, 1.807) is 18.2 Å². The van der Waals surface area contributed by atoms with Crippen LogP contribution in [0.2, 0.25) is 0 Å². The number of rotatable bonds is 3. The van der Waals surface area contributed by atoms with Crippen LogP contribution in [0, 0.1) is 19.8 Å². The molecular weight excluding hydrogens is 464 g/mol. The topological polar surface area (TPSA) is 110 Å². The zero-order valence-electron chi connectivity index (χ0n) is 20.3. The standard InChI is InChI=1S/C26H30N4O4S/c1-16(2)13-20-11-12-34-23-15-22(24-17(3)7-5-8-18(24)4)28-26(29-23)30-35(32,33)21-10-6-9-19(14-21)25(31)27-20/h5-10,14-16,20H,11-13H2,1-4H3,(H,27,31)(H,28,29,30)/t20-/m1/s1. The van der Waals surface area contributed by atoms with Gasteiger partial charge in [-0.2, -0.15) is 4.98 Å². The molecule has 0 radical (unpaired) electrons. The molecule has 184 valence electrons. The Bertz CT molecular complexity index is 1330. The van der Waals surface area contributed by atoms with Crippen LogP contribution >= 0.6 is 0 Å². The van der Waals surface area contributed by atoms with Gasteiger partial charge in [-0.05, 0) is 55.5 Å². The van der Waals surface area contributed by atoms with Crippen molar-refractivity contribution in [3.63, 3.8) is 0 Å². The highest BCUT2D eigenvalue weighted by Crippen LogP contribution is 2.29. The highest BCUT2D eigenvalue weighted by Gasteiger charge is 2.22. The van der Waals surface area contributed by atoms with E-state index in [1.807, 2.05) is 32.0 Å². The first-order chi connectivity index (χ1) is 16.6. The second-order valence-electron chi connectivity index (χ2n) is 9.25. The van der Waals surface area contributed by atoms with E-state index >= 15 is 0 Å². The van der Waals surface area contributed by atoms with Crippen molar-refractivity contribution in [3.8, 4) is 17.1 Å². The summed E-state index contributed by atoms with van der Waals surface area (Å²) in [5, 5.41) is 3.03. The Morgan fingerprint density at radius 2 is 1.77 bits per heavy atom. The lowest BCUT2D eigenvalue weighted by atomic mass is 10.00. The number of hydrogen-bond donors (Lipinski definition) is 2. The number of carbonyl (C=O) groups is 1. The number of fused-ring (bicyclic) bond motifs is 4. The summed E-state index contributed by atoms with van der Waals surface area (Å²) in [7, 11) is -4.05. The van der Waals surface area contributed by atoms with E-state index in [9.17, 15) is 13.2 Å². The number of ether oxygens (including phenoxy) is 1. The van der Waals surface area contributed by atoms with Gasteiger partial charge in [0, 0.05) is 29.7 Å². The van der Waals surface area contributed by atoms with Gasteiger partial charge in [0.1, 0.15) is 0 Å². The van der Waals surface area contributed by atoms with Crippen LogP contribution in [-0.4, -0.2) is 36.9 Å². The second-order valence-corrected chi connectivity index (χ2v) is 10.9. The van der Waals surface area contributed by atoms with Gasteiger partial charge in [-0.1, -0.05) is 38.1 Å². The number of amides is 1. The van der Waals surface area contributed by atoms with Gasteiger partial charge in [0.2, 0.25) is 11.8 Å². The van der Waals surface area contributed by atoms with Gasteiger partial charge in [-0.3, -0.25) is 4.79 Å². The van der Waals surface area contributed by atoms with E-state index in [0.29, 0.717) is 24.6 Å². The first-order valence-electron chi connectivity index (χ1n) is 11.6. The van der Waals surface area contributed by atoms with Crippen molar-refractivity contribution in [3.05, 3.63) is 65.2 Å². The second kappa shape index (κ2) is 10.0. The Morgan fingerprint density at radius 1 is 1.06 bits per heavy atom. The summed E-state index contributed by atoms with van der Waals surface area (Å²) in [5.74, 6) is 0.204. The minimum absolute atomic E-state index is 0.0498. The van der Waals surface area contributed by atoms with Crippen molar-refractivity contribution in [2.75, 3.05) is 11.3 Å². The van der Waals surface area contributed by atoms with Crippen molar-refractivity contribution in [2.45, 2.75) is 51.5 Å². The SMILES string of the molecule is Cc1cccc(C)c1-c1cc2nc(n1)NS(=O)(=O)c1cccc(c1)C(=O)N[C@@H](CC(C)C)CCO2. The average Bonchev–Trinajstić information content (AvgIpc) is 2.77. The molecule has 2 aromatic carbocycles. The lowest BCUT2D eigenvalue weighted by Crippen LogP contribution is -2.37. The van der Waals surface area contributed by atoms with Crippen LogP contribution < -0.4 is 14.8 Å². The Balaban J connectivity index is 1.82. The predicted octanol–water partition coefficient (Wildman–Crippen LogP) is 4.49. The zero-order chi connectivity index (χ0) is 25.2. The summed E-state index contributed by atoms with van der Waals surface area (Å²) >= 11 is 0. The molecule has 1 amide bonds. The van der Waals surface area contributed by atoms with Crippen LogP contribution in [0.1, 0.15) is 48.2 Å². The number of anilines is 1. The maximum absolute atomic E-state index is 13.2. The number of aromatic nitrogens is 2. The summed E-state index contributed by atoms with van der Waals surface area (Å²) in [4.78, 5) is 21.7. The molecule has 0 fully saturated rings. The Labute approximate surface area is 206 Å². The quantitative estimate of drug-likeness (QED) is 0.555. The molecule has 1 aliphatic heterocycles. The molecule has 0 saturated carbocycles. The summed E-state index contributed by atoms with van der Waals surface area (Å²) in [6, 6.07) is 13.4. The highest BCUT2D eigenvalue weighted by molar-refractivity contribution is 7.92. The fourth-order valence-electron chi connectivity index (χ4n) is 4.27. The maximum atomic E-state index is 13.2.